The van der Waals surface area contributed by atoms with Crippen molar-refractivity contribution >= 4 is 11.4 Å². The number of nitrogens with one attached hydrogen (secondary N) is 1. The maximum Gasteiger partial charge on any atom is 0.275 e. The minimum Gasteiger partial charge on any atom is -0.376 e. The van der Waals surface area contributed by atoms with Crippen LogP contribution in [0.25, 0.3) is 0 Å². The van der Waals surface area contributed by atoms with Gasteiger partial charge in [-0.05, 0) is 13.3 Å². The molecule has 1 aromatic rings. The summed E-state index contributed by atoms with van der Waals surface area (Å²) >= 11 is 0. The Labute approximate surface area is 102 Å². The number of halogens is 2. The molecule has 0 spiro atoms. The minimum atomic E-state index is -0.971. The van der Waals surface area contributed by atoms with E-state index in [0.29, 0.717) is 25.2 Å². The first kappa shape index (κ1) is 12.7. The lowest BCUT2D eigenvalue weighted by atomic mass is 10.1. The Morgan fingerprint density at radius 3 is 2.50 bits per heavy atom. The predicted molar refractivity (Wildman–Crippen MR) is 60.5 cm³/mol. The topological polar surface area (TPSA) is 64.4 Å². The number of non-ortho nitro benzene ring substituents is 1. The molecule has 1 fully saturated rings. The molecule has 0 bridgehead atoms. The van der Waals surface area contributed by atoms with Gasteiger partial charge in [0, 0.05) is 6.61 Å². The molecule has 0 saturated carbocycles. The van der Waals surface area contributed by atoms with E-state index in [4.69, 9.17) is 4.74 Å². The summed E-state index contributed by atoms with van der Waals surface area (Å²) in [5.74, 6) is -1.94. The van der Waals surface area contributed by atoms with E-state index in [0.717, 1.165) is 0 Å². The molecule has 2 unspecified atom stereocenters. The molecule has 1 aromatic carbocycles. The number of benzene rings is 1. The number of hydrogen-bond donors (Lipinski definition) is 1. The van der Waals surface area contributed by atoms with Gasteiger partial charge in [-0.15, -0.1) is 0 Å². The van der Waals surface area contributed by atoms with Gasteiger partial charge in [0.15, 0.2) is 11.6 Å². The molecule has 7 heteroatoms. The zero-order valence-electron chi connectivity index (χ0n) is 9.65. The van der Waals surface area contributed by atoms with Crippen molar-refractivity contribution in [3.63, 3.8) is 0 Å². The summed E-state index contributed by atoms with van der Waals surface area (Å²) in [5.41, 5.74) is -0.950. The minimum absolute atomic E-state index is 0.154. The predicted octanol–water partition coefficient (Wildman–Crippen LogP) is 2.46. The molecule has 1 heterocycles. The molecule has 1 aliphatic heterocycles. The van der Waals surface area contributed by atoms with Crippen LogP contribution in [0, 0.1) is 21.7 Å². The second-order valence-electron chi connectivity index (χ2n) is 4.16. The summed E-state index contributed by atoms with van der Waals surface area (Å²) in [7, 11) is 0. The largest absolute Gasteiger partial charge is 0.376 e. The Kier molecular flexibility index (Phi) is 3.42. The monoisotopic (exact) mass is 258 g/mol. The van der Waals surface area contributed by atoms with Crippen molar-refractivity contribution in [2.24, 2.45) is 0 Å². The van der Waals surface area contributed by atoms with E-state index in [1.807, 2.05) is 0 Å². The summed E-state index contributed by atoms with van der Waals surface area (Å²) in [6.45, 7) is 2.32. The van der Waals surface area contributed by atoms with Crippen molar-refractivity contribution in [2.45, 2.75) is 25.5 Å². The zero-order chi connectivity index (χ0) is 13.3. The molecule has 2 rings (SSSR count). The van der Waals surface area contributed by atoms with Gasteiger partial charge in [0.2, 0.25) is 0 Å². The fourth-order valence-corrected chi connectivity index (χ4v) is 1.91. The fourth-order valence-electron chi connectivity index (χ4n) is 1.91. The van der Waals surface area contributed by atoms with Gasteiger partial charge in [0.05, 0.1) is 29.2 Å². The Hall–Kier alpha value is -1.76. The Morgan fingerprint density at radius 1 is 1.44 bits per heavy atom. The lowest BCUT2D eigenvalue weighted by molar-refractivity contribution is -0.385. The number of rotatable bonds is 3. The van der Waals surface area contributed by atoms with Crippen molar-refractivity contribution in [2.75, 3.05) is 11.9 Å². The second kappa shape index (κ2) is 4.85. The number of anilines is 1. The van der Waals surface area contributed by atoms with Crippen LogP contribution in [-0.4, -0.2) is 23.7 Å². The van der Waals surface area contributed by atoms with Crippen molar-refractivity contribution in [3.8, 4) is 0 Å². The van der Waals surface area contributed by atoms with Crippen LogP contribution in [0.5, 0.6) is 0 Å². The van der Waals surface area contributed by atoms with E-state index < -0.39 is 22.2 Å². The number of nitrogens with zero attached hydrogens (tertiary/aromatic N) is 1. The van der Waals surface area contributed by atoms with E-state index in [2.05, 4.69) is 5.32 Å². The molecule has 1 N–H and O–H groups in total. The maximum atomic E-state index is 13.6. The van der Waals surface area contributed by atoms with Crippen molar-refractivity contribution < 1.29 is 18.4 Å². The molecule has 0 aliphatic carbocycles. The van der Waals surface area contributed by atoms with E-state index >= 15 is 0 Å². The molecule has 0 radical (unpaired) electrons. The van der Waals surface area contributed by atoms with Crippen LogP contribution >= 0.6 is 0 Å². The third-order valence-electron chi connectivity index (χ3n) is 2.94. The van der Waals surface area contributed by atoms with Crippen molar-refractivity contribution in [1.29, 1.82) is 0 Å². The third-order valence-corrected chi connectivity index (χ3v) is 2.94. The number of ether oxygens (including phenoxy) is 1. The molecule has 18 heavy (non-hydrogen) atoms. The summed E-state index contributed by atoms with van der Waals surface area (Å²) in [6, 6.07) is 1.20. The van der Waals surface area contributed by atoms with Gasteiger partial charge in [0.1, 0.15) is 5.69 Å². The van der Waals surface area contributed by atoms with Gasteiger partial charge in [-0.3, -0.25) is 10.1 Å². The normalized spacial score (nSPS) is 23.1. The van der Waals surface area contributed by atoms with E-state index in [9.17, 15) is 18.9 Å². The zero-order valence-corrected chi connectivity index (χ0v) is 9.65. The summed E-state index contributed by atoms with van der Waals surface area (Å²) < 4.78 is 32.5. The molecule has 0 aromatic heterocycles. The lowest BCUT2D eigenvalue weighted by Gasteiger charge is -2.18. The van der Waals surface area contributed by atoms with Gasteiger partial charge < -0.3 is 10.1 Å². The number of hydrogen-bond acceptors (Lipinski definition) is 4. The van der Waals surface area contributed by atoms with E-state index in [1.165, 1.54) is 0 Å². The quantitative estimate of drug-likeness (QED) is 0.668. The van der Waals surface area contributed by atoms with Crippen LogP contribution in [0.15, 0.2) is 12.1 Å². The highest BCUT2D eigenvalue weighted by atomic mass is 19.1. The average molecular weight is 258 g/mol. The van der Waals surface area contributed by atoms with Crippen LogP contribution in [0.3, 0.4) is 0 Å². The highest BCUT2D eigenvalue weighted by Gasteiger charge is 2.27. The first-order chi connectivity index (χ1) is 8.49. The van der Waals surface area contributed by atoms with Crippen LogP contribution < -0.4 is 5.32 Å². The number of nitro benzene ring substituents is 1. The SMILES string of the molecule is CC1OCCC1Nc1c(F)cc([N+](=O)[O-])cc1F. The highest BCUT2D eigenvalue weighted by molar-refractivity contribution is 5.52. The van der Waals surface area contributed by atoms with Gasteiger partial charge >= 0.3 is 0 Å². The van der Waals surface area contributed by atoms with Gasteiger partial charge in [-0.1, -0.05) is 0 Å². The van der Waals surface area contributed by atoms with Crippen LogP contribution in [0.1, 0.15) is 13.3 Å². The molecular formula is C11H12F2N2O3. The van der Waals surface area contributed by atoms with Crippen molar-refractivity contribution in [1.82, 2.24) is 0 Å². The smallest absolute Gasteiger partial charge is 0.275 e. The molecule has 5 nitrogen and oxygen atoms in total. The highest BCUT2D eigenvalue weighted by Crippen LogP contribution is 2.27. The Balaban J connectivity index is 2.25. The van der Waals surface area contributed by atoms with Gasteiger partial charge in [-0.2, -0.15) is 0 Å². The third kappa shape index (κ3) is 2.40. The lowest BCUT2D eigenvalue weighted by Crippen LogP contribution is -2.27. The summed E-state index contributed by atoms with van der Waals surface area (Å²) in [5, 5.41) is 13.1. The summed E-state index contributed by atoms with van der Waals surface area (Å²) in [4.78, 5) is 9.61. The van der Waals surface area contributed by atoms with Gasteiger partial charge in [-0.25, -0.2) is 8.78 Å². The standard InChI is InChI=1S/C11H12F2N2O3/c1-6-10(2-3-18-6)14-11-8(12)4-7(15(16)17)5-9(11)13/h4-6,10,14H,2-3H2,1H3. The first-order valence-corrected chi connectivity index (χ1v) is 5.50. The molecular weight excluding hydrogens is 246 g/mol. The molecule has 1 saturated heterocycles. The molecule has 2 atom stereocenters. The van der Waals surface area contributed by atoms with Gasteiger partial charge in [0.25, 0.3) is 5.69 Å². The Bertz CT molecular complexity index is 458. The van der Waals surface area contributed by atoms with Crippen LogP contribution in [-0.2, 0) is 4.74 Å². The maximum absolute atomic E-state index is 13.6. The van der Waals surface area contributed by atoms with Crippen LogP contribution in [0.2, 0.25) is 0 Å². The number of nitro groups is 1. The molecule has 98 valence electrons. The van der Waals surface area contributed by atoms with Crippen molar-refractivity contribution in [3.05, 3.63) is 33.9 Å². The molecule has 1 aliphatic rings. The summed E-state index contributed by atoms with van der Waals surface area (Å²) in [6.07, 6.45) is 0.482. The van der Waals surface area contributed by atoms with Crippen LogP contribution in [0.4, 0.5) is 20.2 Å². The van der Waals surface area contributed by atoms with E-state index in [1.54, 1.807) is 6.92 Å². The first-order valence-electron chi connectivity index (χ1n) is 5.50. The Morgan fingerprint density at radius 2 is 2.06 bits per heavy atom. The van der Waals surface area contributed by atoms with E-state index in [-0.39, 0.29) is 17.8 Å². The molecule has 0 amide bonds. The fraction of sp³-hybridized carbons (Fsp3) is 0.455. The second-order valence-corrected chi connectivity index (χ2v) is 4.16. The average Bonchev–Trinajstić information content (AvgIpc) is 2.69.